The third kappa shape index (κ3) is 3.34. The van der Waals surface area contributed by atoms with E-state index < -0.39 is 11.3 Å². The van der Waals surface area contributed by atoms with Gasteiger partial charge < -0.3 is 4.74 Å². The van der Waals surface area contributed by atoms with Crippen LogP contribution in [0.2, 0.25) is 0 Å². The molecule has 2 nitrogen and oxygen atoms in total. The molecule has 0 aliphatic heterocycles. The fourth-order valence-corrected chi connectivity index (χ4v) is 1.77. The summed E-state index contributed by atoms with van der Waals surface area (Å²) in [5.74, 6) is -0.424. The Hall–Kier alpha value is -1.80. The van der Waals surface area contributed by atoms with E-state index in [1.807, 2.05) is 48.5 Å². The number of rotatable bonds is 4. The van der Waals surface area contributed by atoms with E-state index in [1.165, 1.54) is 0 Å². The molecule has 2 aromatic carbocycles. The van der Waals surface area contributed by atoms with E-state index in [9.17, 15) is 4.79 Å². The zero-order valence-electron chi connectivity index (χ0n) is 9.75. The van der Waals surface area contributed by atoms with Crippen molar-refractivity contribution in [2.24, 2.45) is 0 Å². The molecule has 0 aliphatic rings. The molecule has 0 aliphatic carbocycles. The summed E-state index contributed by atoms with van der Waals surface area (Å²) in [5, 5.41) is -0.755. The van der Waals surface area contributed by atoms with Gasteiger partial charge in [0.15, 0.2) is 5.38 Å². The van der Waals surface area contributed by atoms with Crippen LogP contribution in [0.4, 0.5) is 0 Å². The first-order valence-electron chi connectivity index (χ1n) is 5.67. The van der Waals surface area contributed by atoms with Gasteiger partial charge in [-0.3, -0.25) is 4.79 Å². The topological polar surface area (TPSA) is 26.3 Å². The van der Waals surface area contributed by atoms with Gasteiger partial charge in [0.1, 0.15) is 6.61 Å². The van der Waals surface area contributed by atoms with Gasteiger partial charge in [0.05, 0.1) is 0 Å². The average Bonchev–Trinajstić information content (AvgIpc) is 2.46. The van der Waals surface area contributed by atoms with E-state index in [2.05, 4.69) is 0 Å². The van der Waals surface area contributed by atoms with Crippen LogP contribution in [0.25, 0.3) is 0 Å². The third-order valence-electron chi connectivity index (χ3n) is 2.52. The number of esters is 1. The summed E-state index contributed by atoms with van der Waals surface area (Å²) in [6.07, 6.45) is 0. The standard InChI is InChI=1S/C15H13ClO2/c16-14(13-9-5-2-6-10-13)15(17)18-11-12-7-3-1-4-8-12/h1-10,14H,11H2. The van der Waals surface area contributed by atoms with Crippen LogP contribution in [-0.2, 0) is 16.1 Å². The number of hydrogen-bond acceptors (Lipinski definition) is 2. The Morgan fingerprint density at radius 2 is 1.56 bits per heavy atom. The number of ether oxygens (including phenoxy) is 1. The van der Waals surface area contributed by atoms with Crippen molar-refractivity contribution >= 4 is 17.6 Å². The number of hydrogen-bond donors (Lipinski definition) is 0. The van der Waals surface area contributed by atoms with Crippen LogP contribution in [0.15, 0.2) is 60.7 Å². The second kappa shape index (κ2) is 6.22. The van der Waals surface area contributed by atoms with Crippen LogP contribution in [0.1, 0.15) is 16.5 Å². The Balaban J connectivity index is 1.93. The first-order chi connectivity index (χ1) is 8.77. The predicted molar refractivity (Wildman–Crippen MR) is 71.3 cm³/mol. The summed E-state index contributed by atoms with van der Waals surface area (Å²) < 4.78 is 5.17. The minimum atomic E-state index is -0.755. The summed E-state index contributed by atoms with van der Waals surface area (Å²) in [5.41, 5.74) is 1.69. The quantitative estimate of drug-likeness (QED) is 0.619. The van der Waals surface area contributed by atoms with E-state index in [-0.39, 0.29) is 6.61 Å². The lowest BCUT2D eigenvalue weighted by Gasteiger charge is -2.10. The summed E-state index contributed by atoms with van der Waals surface area (Å²) in [6, 6.07) is 18.7. The molecule has 0 bridgehead atoms. The van der Waals surface area contributed by atoms with Crippen molar-refractivity contribution in [3.8, 4) is 0 Å². The zero-order valence-corrected chi connectivity index (χ0v) is 10.5. The van der Waals surface area contributed by atoms with Crippen molar-refractivity contribution in [3.05, 3.63) is 71.8 Å². The van der Waals surface area contributed by atoms with Crippen molar-refractivity contribution < 1.29 is 9.53 Å². The Morgan fingerprint density at radius 3 is 2.17 bits per heavy atom. The van der Waals surface area contributed by atoms with Gasteiger partial charge in [-0.15, -0.1) is 11.6 Å². The first-order valence-corrected chi connectivity index (χ1v) is 6.10. The number of carbonyl (C=O) groups is 1. The van der Waals surface area contributed by atoms with Crippen molar-refractivity contribution in [3.63, 3.8) is 0 Å². The third-order valence-corrected chi connectivity index (χ3v) is 2.95. The lowest BCUT2D eigenvalue weighted by atomic mass is 10.1. The molecule has 0 saturated heterocycles. The normalized spacial score (nSPS) is 11.8. The van der Waals surface area contributed by atoms with Crippen molar-refractivity contribution in [2.45, 2.75) is 12.0 Å². The summed E-state index contributed by atoms with van der Waals surface area (Å²) in [4.78, 5) is 11.8. The highest BCUT2D eigenvalue weighted by atomic mass is 35.5. The van der Waals surface area contributed by atoms with Crippen LogP contribution < -0.4 is 0 Å². The van der Waals surface area contributed by atoms with E-state index in [0.29, 0.717) is 0 Å². The lowest BCUT2D eigenvalue weighted by molar-refractivity contribution is -0.144. The summed E-state index contributed by atoms with van der Waals surface area (Å²) >= 11 is 6.05. The van der Waals surface area contributed by atoms with Gasteiger partial charge in [0.2, 0.25) is 0 Å². The minimum Gasteiger partial charge on any atom is -0.459 e. The molecule has 2 rings (SSSR count). The molecule has 0 heterocycles. The highest BCUT2D eigenvalue weighted by Gasteiger charge is 2.18. The van der Waals surface area contributed by atoms with Gasteiger partial charge in [-0.2, -0.15) is 0 Å². The number of alkyl halides is 1. The van der Waals surface area contributed by atoms with Crippen LogP contribution >= 0.6 is 11.6 Å². The maximum absolute atomic E-state index is 11.8. The van der Waals surface area contributed by atoms with Gasteiger partial charge in [-0.25, -0.2) is 0 Å². The predicted octanol–water partition coefficient (Wildman–Crippen LogP) is 3.71. The molecule has 0 spiro atoms. The van der Waals surface area contributed by atoms with Crippen LogP contribution in [0.5, 0.6) is 0 Å². The molecule has 1 unspecified atom stereocenters. The lowest BCUT2D eigenvalue weighted by Crippen LogP contribution is -2.11. The minimum absolute atomic E-state index is 0.246. The van der Waals surface area contributed by atoms with E-state index >= 15 is 0 Å². The molecular formula is C15H13ClO2. The Morgan fingerprint density at radius 1 is 1.00 bits per heavy atom. The maximum Gasteiger partial charge on any atom is 0.328 e. The van der Waals surface area contributed by atoms with E-state index in [0.717, 1.165) is 11.1 Å². The largest absolute Gasteiger partial charge is 0.459 e. The highest BCUT2D eigenvalue weighted by Crippen LogP contribution is 2.21. The van der Waals surface area contributed by atoms with Crippen LogP contribution in [-0.4, -0.2) is 5.97 Å². The molecule has 1 atom stereocenters. The fraction of sp³-hybridized carbons (Fsp3) is 0.133. The van der Waals surface area contributed by atoms with Crippen LogP contribution in [0.3, 0.4) is 0 Å². The van der Waals surface area contributed by atoms with E-state index in [4.69, 9.17) is 16.3 Å². The monoisotopic (exact) mass is 260 g/mol. The fourth-order valence-electron chi connectivity index (χ4n) is 1.56. The second-order valence-electron chi connectivity index (χ2n) is 3.87. The molecule has 0 N–H and O–H groups in total. The molecule has 2 aromatic rings. The molecule has 0 saturated carbocycles. The molecule has 0 aromatic heterocycles. The summed E-state index contributed by atoms with van der Waals surface area (Å²) in [7, 11) is 0. The maximum atomic E-state index is 11.8. The molecule has 92 valence electrons. The molecular weight excluding hydrogens is 248 g/mol. The summed E-state index contributed by atoms with van der Waals surface area (Å²) in [6.45, 7) is 0.246. The van der Waals surface area contributed by atoms with Gasteiger partial charge in [0.25, 0.3) is 0 Å². The smallest absolute Gasteiger partial charge is 0.328 e. The second-order valence-corrected chi connectivity index (χ2v) is 4.30. The van der Waals surface area contributed by atoms with Gasteiger partial charge in [-0.05, 0) is 11.1 Å². The van der Waals surface area contributed by atoms with Gasteiger partial charge in [-0.1, -0.05) is 60.7 Å². The van der Waals surface area contributed by atoms with E-state index in [1.54, 1.807) is 12.1 Å². The molecule has 0 radical (unpaired) electrons. The SMILES string of the molecule is O=C(OCc1ccccc1)C(Cl)c1ccccc1. The molecule has 0 fully saturated rings. The number of carbonyl (C=O) groups excluding carboxylic acids is 1. The highest BCUT2D eigenvalue weighted by molar-refractivity contribution is 6.29. The molecule has 0 amide bonds. The molecule has 18 heavy (non-hydrogen) atoms. The Bertz CT molecular complexity index is 496. The average molecular weight is 261 g/mol. The van der Waals surface area contributed by atoms with Crippen LogP contribution in [0, 0.1) is 0 Å². The Labute approximate surface area is 111 Å². The van der Waals surface area contributed by atoms with Crippen molar-refractivity contribution in [1.82, 2.24) is 0 Å². The zero-order chi connectivity index (χ0) is 12.8. The van der Waals surface area contributed by atoms with Gasteiger partial charge >= 0.3 is 5.97 Å². The molecule has 3 heteroatoms. The van der Waals surface area contributed by atoms with Crippen molar-refractivity contribution in [1.29, 1.82) is 0 Å². The number of halogens is 1. The first kappa shape index (κ1) is 12.7. The van der Waals surface area contributed by atoms with Gasteiger partial charge in [0, 0.05) is 0 Å². The number of benzene rings is 2. The van der Waals surface area contributed by atoms with Crippen molar-refractivity contribution in [2.75, 3.05) is 0 Å². The Kier molecular flexibility index (Phi) is 4.37.